The second kappa shape index (κ2) is 8.41. The summed E-state index contributed by atoms with van der Waals surface area (Å²) in [5.41, 5.74) is -1.02. The molecule has 2 aromatic carbocycles. The van der Waals surface area contributed by atoms with E-state index in [4.69, 9.17) is 9.47 Å². The van der Waals surface area contributed by atoms with Gasteiger partial charge in [0.1, 0.15) is 18.1 Å². The number of rotatable bonds is 8. The first kappa shape index (κ1) is 20.1. The highest BCUT2D eigenvalue weighted by atomic mass is 32.2. The Labute approximate surface area is 149 Å². The monoisotopic (exact) mass is 389 g/mol. The number of hydrogen-bond donors (Lipinski definition) is 1. The Morgan fingerprint density at radius 1 is 1.00 bits per heavy atom. The zero-order valence-corrected chi connectivity index (χ0v) is 14.7. The van der Waals surface area contributed by atoms with E-state index in [9.17, 15) is 21.6 Å². The van der Waals surface area contributed by atoms with Gasteiger partial charge < -0.3 is 9.47 Å². The molecule has 0 spiro atoms. The van der Waals surface area contributed by atoms with Crippen molar-refractivity contribution in [2.45, 2.75) is 18.0 Å². The number of sulfonamides is 1. The molecule has 0 unspecified atom stereocenters. The molecule has 0 saturated heterocycles. The molecule has 5 nitrogen and oxygen atoms in total. The molecule has 0 atom stereocenters. The third kappa shape index (κ3) is 5.63. The van der Waals surface area contributed by atoms with Gasteiger partial charge in [0.25, 0.3) is 0 Å². The van der Waals surface area contributed by atoms with Gasteiger partial charge in [-0.1, -0.05) is 6.07 Å². The van der Waals surface area contributed by atoms with Crippen molar-refractivity contribution in [3.8, 4) is 11.5 Å². The molecule has 2 rings (SSSR count). The minimum atomic E-state index is -4.61. The normalized spacial score (nSPS) is 12.0. The Kier molecular flexibility index (Phi) is 6.49. The summed E-state index contributed by atoms with van der Waals surface area (Å²) in [6, 6.07) is 10.3. The summed E-state index contributed by atoms with van der Waals surface area (Å²) in [5.74, 6) is 1.21. The predicted molar refractivity (Wildman–Crippen MR) is 89.7 cm³/mol. The average molecular weight is 389 g/mol. The maximum atomic E-state index is 12.7. The van der Waals surface area contributed by atoms with Crippen LogP contribution in [0.3, 0.4) is 0 Å². The Balaban J connectivity index is 1.90. The number of halogens is 3. The van der Waals surface area contributed by atoms with Gasteiger partial charge in [-0.05, 0) is 49.4 Å². The summed E-state index contributed by atoms with van der Waals surface area (Å²) >= 11 is 0. The quantitative estimate of drug-likeness (QED) is 0.703. The third-order valence-electron chi connectivity index (χ3n) is 3.27. The molecule has 0 aliphatic rings. The molecule has 0 aliphatic heterocycles. The van der Waals surface area contributed by atoms with E-state index in [1.807, 2.05) is 6.92 Å². The first-order valence-electron chi connectivity index (χ1n) is 7.75. The van der Waals surface area contributed by atoms with Crippen molar-refractivity contribution >= 4 is 10.0 Å². The molecule has 0 aromatic heterocycles. The van der Waals surface area contributed by atoms with Crippen LogP contribution in [-0.4, -0.2) is 28.2 Å². The smallest absolute Gasteiger partial charge is 0.416 e. The Morgan fingerprint density at radius 2 is 1.62 bits per heavy atom. The van der Waals surface area contributed by atoms with Gasteiger partial charge in [0.15, 0.2) is 0 Å². The molecule has 2 aromatic rings. The van der Waals surface area contributed by atoms with Crippen molar-refractivity contribution < 1.29 is 31.1 Å². The number of nitrogens with one attached hydrogen (secondary N) is 1. The first-order valence-corrected chi connectivity index (χ1v) is 9.23. The average Bonchev–Trinajstić information content (AvgIpc) is 2.60. The van der Waals surface area contributed by atoms with Crippen molar-refractivity contribution in [1.82, 2.24) is 4.72 Å². The lowest BCUT2D eigenvalue weighted by Crippen LogP contribution is -2.28. The Hall–Kier alpha value is -2.26. The van der Waals surface area contributed by atoms with E-state index in [0.717, 1.165) is 18.2 Å². The van der Waals surface area contributed by atoms with Crippen molar-refractivity contribution in [2.75, 3.05) is 19.8 Å². The SMILES string of the molecule is CCOc1ccc(OCCNS(=O)(=O)c2cccc(C(F)(F)F)c2)cc1. The molecule has 9 heteroatoms. The standard InChI is InChI=1S/C17H18F3NO4S/c1-2-24-14-6-8-15(9-7-14)25-11-10-21-26(22,23)16-5-3-4-13(12-16)17(18,19)20/h3-9,12,21H,2,10-11H2,1H3. The second-order valence-corrected chi connectivity index (χ2v) is 6.94. The van der Waals surface area contributed by atoms with Gasteiger partial charge in [-0.2, -0.15) is 13.2 Å². The van der Waals surface area contributed by atoms with E-state index >= 15 is 0 Å². The summed E-state index contributed by atoms with van der Waals surface area (Å²) in [6.07, 6.45) is -4.61. The van der Waals surface area contributed by atoms with Gasteiger partial charge in [0.2, 0.25) is 10.0 Å². The fourth-order valence-corrected chi connectivity index (χ4v) is 3.13. The molecule has 0 amide bonds. The highest BCUT2D eigenvalue weighted by Crippen LogP contribution is 2.30. The van der Waals surface area contributed by atoms with Crippen LogP contribution in [0.5, 0.6) is 11.5 Å². The van der Waals surface area contributed by atoms with Crippen molar-refractivity contribution in [3.05, 3.63) is 54.1 Å². The summed E-state index contributed by atoms with van der Waals surface area (Å²) in [5, 5.41) is 0. The van der Waals surface area contributed by atoms with Gasteiger partial charge >= 0.3 is 6.18 Å². The van der Waals surface area contributed by atoms with Crippen molar-refractivity contribution in [2.24, 2.45) is 0 Å². The van der Waals surface area contributed by atoms with E-state index in [0.29, 0.717) is 24.2 Å². The molecule has 142 valence electrons. The van der Waals surface area contributed by atoms with Crippen LogP contribution in [0.2, 0.25) is 0 Å². The van der Waals surface area contributed by atoms with Gasteiger partial charge in [-0.3, -0.25) is 0 Å². The molecule has 1 N–H and O–H groups in total. The zero-order valence-electron chi connectivity index (χ0n) is 13.9. The van der Waals surface area contributed by atoms with E-state index < -0.39 is 26.7 Å². The van der Waals surface area contributed by atoms with Crippen LogP contribution in [0, 0.1) is 0 Å². The highest BCUT2D eigenvalue weighted by molar-refractivity contribution is 7.89. The summed E-state index contributed by atoms with van der Waals surface area (Å²) in [4.78, 5) is -0.451. The van der Waals surface area contributed by atoms with Crippen LogP contribution in [0.15, 0.2) is 53.4 Å². The lowest BCUT2D eigenvalue weighted by atomic mass is 10.2. The lowest BCUT2D eigenvalue weighted by molar-refractivity contribution is -0.137. The summed E-state index contributed by atoms with van der Waals surface area (Å²) in [6.45, 7) is 2.33. The Morgan fingerprint density at radius 3 is 2.19 bits per heavy atom. The van der Waals surface area contributed by atoms with Crippen LogP contribution in [-0.2, 0) is 16.2 Å². The maximum absolute atomic E-state index is 12.7. The van der Waals surface area contributed by atoms with Gasteiger partial charge in [-0.15, -0.1) is 0 Å². The van der Waals surface area contributed by atoms with Crippen LogP contribution in [0.25, 0.3) is 0 Å². The molecular formula is C17H18F3NO4S. The van der Waals surface area contributed by atoms with Crippen LogP contribution < -0.4 is 14.2 Å². The Bertz CT molecular complexity index is 821. The summed E-state index contributed by atoms with van der Waals surface area (Å²) < 4.78 is 75.1. The van der Waals surface area contributed by atoms with E-state index in [-0.39, 0.29) is 13.2 Å². The summed E-state index contributed by atoms with van der Waals surface area (Å²) in [7, 11) is -4.06. The van der Waals surface area contributed by atoms with Crippen LogP contribution in [0.1, 0.15) is 12.5 Å². The van der Waals surface area contributed by atoms with E-state index in [1.165, 1.54) is 0 Å². The molecule has 0 heterocycles. The molecule has 0 fully saturated rings. The first-order chi connectivity index (χ1) is 12.2. The van der Waals surface area contributed by atoms with Crippen LogP contribution >= 0.6 is 0 Å². The molecular weight excluding hydrogens is 371 g/mol. The zero-order chi connectivity index (χ0) is 19.2. The van der Waals surface area contributed by atoms with E-state index in [2.05, 4.69) is 4.72 Å². The minimum Gasteiger partial charge on any atom is -0.494 e. The topological polar surface area (TPSA) is 64.6 Å². The number of hydrogen-bond acceptors (Lipinski definition) is 4. The predicted octanol–water partition coefficient (Wildman–Crippen LogP) is 3.46. The van der Waals surface area contributed by atoms with Crippen LogP contribution in [0.4, 0.5) is 13.2 Å². The number of alkyl halides is 3. The van der Waals surface area contributed by atoms with Crippen molar-refractivity contribution in [3.63, 3.8) is 0 Å². The minimum absolute atomic E-state index is 0.0200. The second-order valence-electron chi connectivity index (χ2n) is 5.18. The van der Waals surface area contributed by atoms with Gasteiger partial charge in [-0.25, -0.2) is 13.1 Å². The molecule has 0 bridgehead atoms. The molecule has 0 radical (unpaired) electrons. The largest absolute Gasteiger partial charge is 0.494 e. The fourth-order valence-electron chi connectivity index (χ4n) is 2.07. The van der Waals surface area contributed by atoms with E-state index in [1.54, 1.807) is 24.3 Å². The lowest BCUT2D eigenvalue weighted by Gasteiger charge is -2.11. The van der Waals surface area contributed by atoms with Gasteiger partial charge in [0, 0.05) is 6.54 Å². The van der Waals surface area contributed by atoms with Crippen molar-refractivity contribution in [1.29, 1.82) is 0 Å². The highest BCUT2D eigenvalue weighted by Gasteiger charge is 2.31. The third-order valence-corrected chi connectivity index (χ3v) is 4.73. The molecule has 26 heavy (non-hydrogen) atoms. The number of benzene rings is 2. The maximum Gasteiger partial charge on any atom is 0.416 e. The molecule has 0 saturated carbocycles. The fraction of sp³-hybridized carbons (Fsp3) is 0.294. The molecule has 0 aliphatic carbocycles. The number of ether oxygens (including phenoxy) is 2. The van der Waals surface area contributed by atoms with Gasteiger partial charge in [0.05, 0.1) is 17.1 Å².